The maximum Gasteiger partial charge on any atom is 0.407 e. The molecule has 19 heavy (non-hydrogen) atoms. The molecular formula is C13H22F3NO2. The number of amides is 1. The van der Waals surface area contributed by atoms with Crippen LogP contribution >= 0.6 is 0 Å². The number of hydrogen-bond acceptors (Lipinski definition) is 2. The first kappa shape index (κ1) is 16.1. The number of rotatable bonds is 2. The van der Waals surface area contributed by atoms with E-state index in [1.165, 1.54) is 0 Å². The van der Waals surface area contributed by atoms with E-state index in [-0.39, 0.29) is 13.0 Å². The van der Waals surface area contributed by atoms with Gasteiger partial charge in [0.1, 0.15) is 5.60 Å². The van der Waals surface area contributed by atoms with Crippen LogP contribution in [0.2, 0.25) is 0 Å². The van der Waals surface area contributed by atoms with Gasteiger partial charge >= 0.3 is 12.3 Å². The molecule has 1 fully saturated rings. The third-order valence-corrected chi connectivity index (χ3v) is 3.24. The van der Waals surface area contributed by atoms with Crippen LogP contribution in [0.5, 0.6) is 0 Å². The molecule has 1 aliphatic rings. The Morgan fingerprint density at radius 1 is 1.21 bits per heavy atom. The molecule has 0 aromatic carbocycles. The van der Waals surface area contributed by atoms with Crippen LogP contribution < -0.4 is 5.32 Å². The predicted molar refractivity (Wildman–Crippen MR) is 65.7 cm³/mol. The van der Waals surface area contributed by atoms with Gasteiger partial charge < -0.3 is 10.1 Å². The van der Waals surface area contributed by atoms with Crippen molar-refractivity contribution in [3.8, 4) is 0 Å². The van der Waals surface area contributed by atoms with Gasteiger partial charge in [-0.25, -0.2) is 4.79 Å². The highest BCUT2D eigenvalue weighted by Gasteiger charge is 2.45. The van der Waals surface area contributed by atoms with Crippen LogP contribution in [0.3, 0.4) is 0 Å². The Bertz CT molecular complexity index is 310. The van der Waals surface area contributed by atoms with Gasteiger partial charge in [0.05, 0.1) is 5.92 Å². The van der Waals surface area contributed by atoms with Gasteiger partial charge in [0.2, 0.25) is 0 Å². The molecule has 1 aliphatic carbocycles. The van der Waals surface area contributed by atoms with Crippen molar-refractivity contribution < 1.29 is 22.7 Å². The lowest BCUT2D eigenvalue weighted by atomic mass is 9.79. The fraction of sp³-hybridized carbons (Fsp3) is 0.923. The summed E-state index contributed by atoms with van der Waals surface area (Å²) in [5.41, 5.74) is -0.639. The van der Waals surface area contributed by atoms with Crippen LogP contribution in [0.25, 0.3) is 0 Å². The van der Waals surface area contributed by atoms with Crippen molar-refractivity contribution in [2.45, 2.75) is 58.2 Å². The lowest BCUT2D eigenvalue weighted by molar-refractivity contribution is -0.195. The summed E-state index contributed by atoms with van der Waals surface area (Å²) < 4.78 is 43.5. The molecule has 1 saturated carbocycles. The molecule has 112 valence electrons. The van der Waals surface area contributed by atoms with Crippen LogP contribution in [0, 0.1) is 11.8 Å². The van der Waals surface area contributed by atoms with E-state index in [2.05, 4.69) is 5.32 Å². The van der Waals surface area contributed by atoms with Crippen molar-refractivity contribution in [1.82, 2.24) is 5.32 Å². The van der Waals surface area contributed by atoms with Crippen LogP contribution in [0.15, 0.2) is 0 Å². The Morgan fingerprint density at radius 3 is 2.32 bits per heavy atom. The second-order valence-electron chi connectivity index (χ2n) is 6.08. The van der Waals surface area contributed by atoms with Gasteiger partial charge in [-0.1, -0.05) is 12.8 Å². The molecule has 1 rings (SSSR count). The van der Waals surface area contributed by atoms with Crippen molar-refractivity contribution in [3.05, 3.63) is 0 Å². The highest BCUT2D eigenvalue weighted by molar-refractivity contribution is 5.67. The largest absolute Gasteiger partial charge is 0.444 e. The van der Waals surface area contributed by atoms with Gasteiger partial charge in [-0.05, 0) is 39.5 Å². The molecule has 1 N–H and O–H groups in total. The first-order valence-electron chi connectivity index (χ1n) is 6.63. The second kappa shape index (κ2) is 6.01. The molecule has 0 spiro atoms. The Kier molecular flexibility index (Phi) is 5.10. The summed E-state index contributed by atoms with van der Waals surface area (Å²) in [4.78, 5) is 11.4. The van der Waals surface area contributed by atoms with Gasteiger partial charge in [0.25, 0.3) is 0 Å². The predicted octanol–water partition coefficient (Wildman–Crippen LogP) is 3.88. The Labute approximate surface area is 111 Å². The zero-order valence-electron chi connectivity index (χ0n) is 11.6. The van der Waals surface area contributed by atoms with Crippen molar-refractivity contribution in [2.24, 2.45) is 11.8 Å². The maximum atomic E-state index is 12.8. The van der Waals surface area contributed by atoms with E-state index in [4.69, 9.17) is 4.74 Å². The molecule has 3 nitrogen and oxygen atoms in total. The summed E-state index contributed by atoms with van der Waals surface area (Å²) >= 11 is 0. The summed E-state index contributed by atoms with van der Waals surface area (Å²) in [6.07, 6.45) is -2.79. The minimum Gasteiger partial charge on any atom is -0.444 e. The minimum absolute atomic E-state index is 0.0269. The molecule has 2 atom stereocenters. The van der Waals surface area contributed by atoms with E-state index in [1.807, 2.05) is 0 Å². The van der Waals surface area contributed by atoms with Crippen LogP contribution in [-0.4, -0.2) is 24.4 Å². The number of nitrogens with one attached hydrogen (secondary N) is 1. The molecule has 0 unspecified atom stereocenters. The van der Waals surface area contributed by atoms with E-state index in [9.17, 15) is 18.0 Å². The lowest BCUT2D eigenvalue weighted by Crippen LogP contribution is -2.41. The third-order valence-electron chi connectivity index (χ3n) is 3.24. The van der Waals surface area contributed by atoms with Crippen LogP contribution in [0.1, 0.15) is 46.5 Å². The van der Waals surface area contributed by atoms with Crippen molar-refractivity contribution >= 4 is 6.09 Å². The second-order valence-corrected chi connectivity index (χ2v) is 6.08. The normalized spacial score (nSPS) is 24.9. The lowest BCUT2D eigenvalue weighted by Gasteiger charge is -2.33. The molecule has 0 radical (unpaired) electrons. The number of alkyl halides is 3. The summed E-state index contributed by atoms with van der Waals surface area (Å²) in [6, 6.07) is 0. The van der Waals surface area contributed by atoms with Crippen LogP contribution in [-0.2, 0) is 4.74 Å². The number of carbonyl (C=O) groups excluding carboxylic acids is 1. The quantitative estimate of drug-likeness (QED) is 0.834. The Morgan fingerprint density at radius 2 is 1.79 bits per heavy atom. The summed E-state index contributed by atoms with van der Waals surface area (Å²) in [6.45, 7) is 5.17. The maximum absolute atomic E-state index is 12.8. The van der Waals surface area contributed by atoms with Crippen molar-refractivity contribution in [3.63, 3.8) is 0 Å². The average Bonchev–Trinajstić information content (AvgIpc) is 2.23. The van der Waals surface area contributed by atoms with Gasteiger partial charge in [0.15, 0.2) is 0 Å². The molecule has 1 amide bonds. The number of halogens is 3. The van der Waals surface area contributed by atoms with Gasteiger partial charge in [0, 0.05) is 6.54 Å². The topological polar surface area (TPSA) is 38.3 Å². The van der Waals surface area contributed by atoms with E-state index in [0.717, 1.165) is 6.42 Å². The summed E-state index contributed by atoms with van der Waals surface area (Å²) in [7, 11) is 0. The SMILES string of the molecule is CC(C)(C)OC(=O)NC[C@H]1CCCC[C@@H]1C(F)(F)F. The minimum atomic E-state index is -4.18. The molecule has 0 aromatic heterocycles. The highest BCUT2D eigenvalue weighted by Crippen LogP contribution is 2.41. The van der Waals surface area contributed by atoms with Crippen molar-refractivity contribution in [2.75, 3.05) is 6.54 Å². The molecule has 0 heterocycles. The Balaban J connectivity index is 2.48. The van der Waals surface area contributed by atoms with E-state index in [0.29, 0.717) is 12.8 Å². The van der Waals surface area contributed by atoms with Gasteiger partial charge in [-0.15, -0.1) is 0 Å². The molecule has 0 bridgehead atoms. The highest BCUT2D eigenvalue weighted by atomic mass is 19.4. The Hall–Kier alpha value is -0.940. The van der Waals surface area contributed by atoms with Gasteiger partial charge in [-0.2, -0.15) is 13.2 Å². The molecule has 6 heteroatoms. The van der Waals surface area contributed by atoms with Crippen molar-refractivity contribution in [1.29, 1.82) is 0 Å². The van der Waals surface area contributed by atoms with Gasteiger partial charge in [-0.3, -0.25) is 0 Å². The first-order valence-corrected chi connectivity index (χ1v) is 6.63. The number of carbonyl (C=O) groups is 1. The number of ether oxygens (including phenoxy) is 1. The number of alkyl carbamates (subject to hydrolysis) is 1. The smallest absolute Gasteiger partial charge is 0.407 e. The average molecular weight is 281 g/mol. The monoisotopic (exact) mass is 281 g/mol. The summed E-state index contributed by atoms with van der Waals surface area (Å²) in [5, 5.41) is 2.45. The molecule has 0 saturated heterocycles. The summed E-state index contributed by atoms with van der Waals surface area (Å²) in [5.74, 6) is -1.85. The molecule has 0 aliphatic heterocycles. The first-order chi connectivity index (χ1) is 8.59. The van der Waals surface area contributed by atoms with E-state index >= 15 is 0 Å². The fourth-order valence-electron chi connectivity index (χ4n) is 2.41. The fourth-order valence-corrected chi connectivity index (χ4v) is 2.41. The standard InChI is InChI=1S/C13H22F3NO2/c1-12(2,3)19-11(18)17-8-9-6-4-5-7-10(9)13(14,15)16/h9-10H,4-8H2,1-3H3,(H,17,18)/t9-,10+/m1/s1. The molecule has 0 aromatic rings. The number of hydrogen-bond donors (Lipinski definition) is 1. The van der Waals surface area contributed by atoms with E-state index < -0.39 is 29.7 Å². The van der Waals surface area contributed by atoms with Crippen LogP contribution in [0.4, 0.5) is 18.0 Å². The molecular weight excluding hydrogens is 259 g/mol. The zero-order chi connectivity index (χ0) is 14.7. The zero-order valence-corrected chi connectivity index (χ0v) is 11.6. The third kappa shape index (κ3) is 5.70. The van der Waals surface area contributed by atoms with E-state index in [1.54, 1.807) is 20.8 Å².